The van der Waals surface area contributed by atoms with Gasteiger partial charge in [0.15, 0.2) is 0 Å². The van der Waals surface area contributed by atoms with Crippen LogP contribution in [0.2, 0.25) is 0 Å². The molecule has 0 unspecified atom stereocenters. The molecular formula is C17H17NO4. The zero-order valence-corrected chi connectivity index (χ0v) is 11.9. The van der Waals surface area contributed by atoms with E-state index >= 15 is 0 Å². The second-order valence-corrected chi connectivity index (χ2v) is 4.91. The second kappa shape index (κ2) is 7.38. The van der Waals surface area contributed by atoms with Gasteiger partial charge < -0.3 is 15.6 Å². The van der Waals surface area contributed by atoms with Crippen molar-refractivity contribution >= 4 is 11.9 Å². The molecule has 0 heterocycles. The molecule has 22 heavy (non-hydrogen) atoms. The lowest BCUT2D eigenvalue weighted by Crippen LogP contribution is -2.32. The van der Waals surface area contributed by atoms with Gasteiger partial charge >= 0.3 is 11.9 Å². The number of hydrogen-bond donors (Lipinski definition) is 2. The van der Waals surface area contributed by atoms with Crippen molar-refractivity contribution in [1.82, 2.24) is 0 Å². The molecule has 0 bridgehead atoms. The maximum atomic E-state index is 12.0. The van der Waals surface area contributed by atoms with Crippen molar-refractivity contribution in [2.45, 2.75) is 19.1 Å². The molecule has 2 aromatic carbocycles. The van der Waals surface area contributed by atoms with E-state index in [2.05, 4.69) is 0 Å². The lowest BCUT2D eigenvalue weighted by Gasteiger charge is -2.09. The first-order chi connectivity index (χ1) is 10.6. The average Bonchev–Trinajstić information content (AvgIpc) is 2.53. The minimum Gasteiger partial charge on any atom is -0.480 e. The molecule has 0 saturated carbocycles. The molecule has 5 heteroatoms. The fourth-order valence-corrected chi connectivity index (χ4v) is 1.97. The molecule has 2 rings (SSSR count). The van der Waals surface area contributed by atoms with E-state index in [1.807, 2.05) is 30.3 Å². The first-order valence-corrected chi connectivity index (χ1v) is 6.84. The fourth-order valence-electron chi connectivity index (χ4n) is 1.97. The zero-order chi connectivity index (χ0) is 15.9. The van der Waals surface area contributed by atoms with Gasteiger partial charge in [-0.1, -0.05) is 42.5 Å². The van der Waals surface area contributed by atoms with E-state index in [-0.39, 0.29) is 13.0 Å². The van der Waals surface area contributed by atoms with Crippen LogP contribution in [0.4, 0.5) is 0 Å². The topological polar surface area (TPSA) is 89.6 Å². The van der Waals surface area contributed by atoms with Crippen molar-refractivity contribution in [3.05, 3.63) is 71.3 Å². The average molecular weight is 299 g/mol. The first-order valence-electron chi connectivity index (χ1n) is 6.84. The normalized spacial score (nSPS) is 11.7. The summed E-state index contributed by atoms with van der Waals surface area (Å²) in [5.41, 5.74) is 7.46. The second-order valence-electron chi connectivity index (χ2n) is 4.91. The van der Waals surface area contributed by atoms with Gasteiger partial charge in [0, 0.05) is 0 Å². The van der Waals surface area contributed by atoms with Crippen molar-refractivity contribution in [2.24, 2.45) is 5.73 Å². The summed E-state index contributed by atoms with van der Waals surface area (Å²) in [6, 6.07) is 15.0. The van der Waals surface area contributed by atoms with Gasteiger partial charge in [0.05, 0.1) is 5.56 Å². The van der Waals surface area contributed by atoms with Crippen molar-refractivity contribution in [2.75, 3.05) is 0 Å². The van der Waals surface area contributed by atoms with Crippen LogP contribution in [0.5, 0.6) is 0 Å². The fraction of sp³-hybridized carbons (Fsp3) is 0.176. The molecule has 0 spiro atoms. The first kappa shape index (κ1) is 15.7. The molecule has 114 valence electrons. The molecule has 1 atom stereocenters. The number of carbonyl (C=O) groups is 2. The van der Waals surface area contributed by atoms with E-state index in [1.54, 1.807) is 24.3 Å². The number of ether oxygens (including phenoxy) is 1. The molecule has 0 saturated heterocycles. The Morgan fingerprint density at radius 2 is 1.73 bits per heavy atom. The van der Waals surface area contributed by atoms with Gasteiger partial charge in [-0.05, 0) is 29.7 Å². The number of aliphatic carboxylic acids is 1. The number of nitrogens with two attached hydrogens (primary N) is 1. The smallest absolute Gasteiger partial charge is 0.338 e. The zero-order valence-electron chi connectivity index (χ0n) is 11.9. The number of hydrogen-bond acceptors (Lipinski definition) is 4. The van der Waals surface area contributed by atoms with Gasteiger partial charge in [-0.25, -0.2) is 4.79 Å². The molecule has 0 aliphatic heterocycles. The highest BCUT2D eigenvalue weighted by atomic mass is 16.5. The Bertz CT molecular complexity index is 655. The molecule has 5 nitrogen and oxygen atoms in total. The summed E-state index contributed by atoms with van der Waals surface area (Å²) in [6.07, 6.45) is 0.162. The summed E-state index contributed by atoms with van der Waals surface area (Å²) < 4.78 is 5.24. The summed E-state index contributed by atoms with van der Waals surface area (Å²) in [5, 5.41) is 8.82. The Morgan fingerprint density at radius 1 is 1.05 bits per heavy atom. The third-order valence-corrected chi connectivity index (χ3v) is 3.15. The van der Waals surface area contributed by atoms with Crippen LogP contribution in [0, 0.1) is 0 Å². The van der Waals surface area contributed by atoms with Crippen molar-refractivity contribution in [1.29, 1.82) is 0 Å². The molecule has 0 aliphatic carbocycles. The standard InChI is InChI=1S/C17H17NO4/c18-15(16(19)20)10-13-7-4-8-14(9-13)17(21)22-11-12-5-2-1-3-6-12/h1-9,15H,10-11,18H2,(H,19,20)/t15-/m0/s1. The monoisotopic (exact) mass is 299 g/mol. The molecule has 0 fully saturated rings. The van der Waals surface area contributed by atoms with Crippen LogP contribution in [0.3, 0.4) is 0 Å². The van der Waals surface area contributed by atoms with E-state index in [1.165, 1.54) is 0 Å². The van der Waals surface area contributed by atoms with Gasteiger partial charge in [0.1, 0.15) is 12.6 Å². The lowest BCUT2D eigenvalue weighted by molar-refractivity contribution is -0.138. The van der Waals surface area contributed by atoms with E-state index in [4.69, 9.17) is 15.6 Å². The van der Waals surface area contributed by atoms with Crippen LogP contribution in [0.25, 0.3) is 0 Å². The summed E-state index contributed by atoms with van der Waals surface area (Å²) in [7, 11) is 0. The highest BCUT2D eigenvalue weighted by molar-refractivity contribution is 5.89. The molecule has 0 aliphatic rings. The van der Waals surface area contributed by atoms with Crippen LogP contribution in [0.1, 0.15) is 21.5 Å². The van der Waals surface area contributed by atoms with Gasteiger partial charge in [-0.2, -0.15) is 0 Å². The Labute approximate surface area is 128 Å². The van der Waals surface area contributed by atoms with Gasteiger partial charge in [-0.15, -0.1) is 0 Å². The van der Waals surface area contributed by atoms with Crippen LogP contribution in [-0.2, 0) is 22.6 Å². The van der Waals surface area contributed by atoms with Gasteiger partial charge in [0.25, 0.3) is 0 Å². The third kappa shape index (κ3) is 4.43. The number of rotatable bonds is 6. The Morgan fingerprint density at radius 3 is 2.41 bits per heavy atom. The Balaban J connectivity index is 1.99. The molecule has 3 N–H and O–H groups in total. The number of carboxylic acids is 1. The van der Waals surface area contributed by atoms with E-state index in [0.717, 1.165) is 5.56 Å². The SMILES string of the molecule is N[C@@H](Cc1cccc(C(=O)OCc2ccccc2)c1)C(=O)O. The quantitative estimate of drug-likeness (QED) is 0.796. The van der Waals surface area contributed by atoms with Crippen molar-refractivity contribution in [3.63, 3.8) is 0 Å². The minimum atomic E-state index is -1.07. The third-order valence-electron chi connectivity index (χ3n) is 3.15. The maximum Gasteiger partial charge on any atom is 0.338 e. The Hall–Kier alpha value is -2.66. The largest absolute Gasteiger partial charge is 0.480 e. The van der Waals surface area contributed by atoms with Crippen LogP contribution >= 0.6 is 0 Å². The van der Waals surface area contributed by atoms with Gasteiger partial charge in [0.2, 0.25) is 0 Å². The van der Waals surface area contributed by atoms with Crippen LogP contribution in [0.15, 0.2) is 54.6 Å². The molecule has 2 aromatic rings. The van der Waals surface area contributed by atoms with E-state index in [9.17, 15) is 9.59 Å². The van der Waals surface area contributed by atoms with Crippen LogP contribution in [-0.4, -0.2) is 23.1 Å². The number of carboxylic acid groups (broad SMARTS) is 1. The molecule has 0 aromatic heterocycles. The molecular weight excluding hydrogens is 282 g/mol. The van der Waals surface area contributed by atoms with Crippen LogP contribution < -0.4 is 5.73 Å². The number of esters is 1. The number of benzene rings is 2. The van der Waals surface area contributed by atoms with Crippen molar-refractivity contribution < 1.29 is 19.4 Å². The maximum absolute atomic E-state index is 12.0. The summed E-state index contributed by atoms with van der Waals surface area (Å²) in [4.78, 5) is 22.8. The number of carbonyl (C=O) groups excluding carboxylic acids is 1. The summed E-state index contributed by atoms with van der Waals surface area (Å²) >= 11 is 0. The molecule has 0 radical (unpaired) electrons. The predicted molar refractivity (Wildman–Crippen MR) is 81.3 cm³/mol. The minimum absolute atomic E-state index is 0.162. The highest BCUT2D eigenvalue weighted by Crippen LogP contribution is 2.10. The molecule has 0 amide bonds. The van der Waals surface area contributed by atoms with E-state index in [0.29, 0.717) is 11.1 Å². The summed E-state index contributed by atoms with van der Waals surface area (Å²) in [5.74, 6) is -1.52. The highest BCUT2D eigenvalue weighted by Gasteiger charge is 2.14. The van der Waals surface area contributed by atoms with E-state index < -0.39 is 18.0 Å². The lowest BCUT2D eigenvalue weighted by atomic mass is 10.0. The van der Waals surface area contributed by atoms with Gasteiger partial charge in [-0.3, -0.25) is 4.79 Å². The Kier molecular flexibility index (Phi) is 5.27. The predicted octanol–water partition coefficient (Wildman–Crippen LogP) is 2.00. The summed E-state index contributed by atoms with van der Waals surface area (Å²) in [6.45, 7) is 0.193. The van der Waals surface area contributed by atoms with Crippen molar-refractivity contribution in [3.8, 4) is 0 Å².